The SMILES string of the molecule is NC1(COc2ccc(F)c3c2CCC(=O)N3)CCN(c2cc(F)ccc2F)CC1. The van der Waals surface area contributed by atoms with E-state index >= 15 is 0 Å². The second kappa shape index (κ2) is 7.59. The second-order valence-corrected chi connectivity index (χ2v) is 7.68. The van der Waals surface area contributed by atoms with Crippen LogP contribution < -0.4 is 20.7 Å². The molecule has 1 fully saturated rings. The summed E-state index contributed by atoms with van der Waals surface area (Å²) >= 11 is 0. The topological polar surface area (TPSA) is 67.6 Å². The van der Waals surface area contributed by atoms with Gasteiger partial charge in [-0.15, -0.1) is 0 Å². The number of ether oxygens (including phenoxy) is 1. The number of halogens is 3. The normalized spacial score (nSPS) is 18.2. The van der Waals surface area contributed by atoms with Crippen LogP contribution in [0.25, 0.3) is 0 Å². The molecule has 29 heavy (non-hydrogen) atoms. The van der Waals surface area contributed by atoms with Crippen molar-refractivity contribution in [3.05, 3.63) is 53.3 Å². The van der Waals surface area contributed by atoms with E-state index in [1.54, 1.807) is 11.0 Å². The predicted octanol–water partition coefficient (Wildman–Crippen LogP) is 3.37. The number of rotatable bonds is 4. The van der Waals surface area contributed by atoms with E-state index in [1.165, 1.54) is 12.1 Å². The van der Waals surface area contributed by atoms with E-state index in [1.807, 2.05) is 0 Å². The van der Waals surface area contributed by atoms with Gasteiger partial charge >= 0.3 is 0 Å². The van der Waals surface area contributed by atoms with Crippen molar-refractivity contribution < 1.29 is 22.7 Å². The molecule has 2 aliphatic heterocycles. The third-order valence-electron chi connectivity index (χ3n) is 5.61. The first-order valence-corrected chi connectivity index (χ1v) is 9.58. The minimum absolute atomic E-state index is 0.168. The van der Waals surface area contributed by atoms with Gasteiger partial charge < -0.3 is 20.7 Å². The fraction of sp³-hybridized carbons (Fsp3) is 0.381. The maximum Gasteiger partial charge on any atom is 0.224 e. The number of carbonyl (C=O) groups is 1. The third kappa shape index (κ3) is 4.03. The van der Waals surface area contributed by atoms with Crippen molar-refractivity contribution in [2.24, 2.45) is 5.73 Å². The van der Waals surface area contributed by atoms with Crippen LogP contribution in [0.15, 0.2) is 30.3 Å². The first-order valence-electron chi connectivity index (χ1n) is 9.58. The number of carbonyl (C=O) groups excluding carboxylic acids is 1. The Morgan fingerprint density at radius 3 is 2.55 bits per heavy atom. The number of nitrogens with one attached hydrogen (secondary N) is 1. The number of piperidine rings is 1. The fourth-order valence-electron chi connectivity index (χ4n) is 3.85. The Morgan fingerprint density at radius 2 is 1.79 bits per heavy atom. The van der Waals surface area contributed by atoms with E-state index in [-0.39, 0.29) is 30.3 Å². The molecule has 0 saturated carbocycles. The van der Waals surface area contributed by atoms with E-state index in [2.05, 4.69) is 5.32 Å². The van der Waals surface area contributed by atoms with Crippen LogP contribution in [-0.2, 0) is 11.2 Å². The lowest BCUT2D eigenvalue weighted by Crippen LogP contribution is -2.54. The van der Waals surface area contributed by atoms with Gasteiger partial charge in [0.2, 0.25) is 5.91 Å². The highest BCUT2D eigenvalue weighted by Gasteiger charge is 2.33. The van der Waals surface area contributed by atoms with Crippen LogP contribution in [-0.4, -0.2) is 31.1 Å². The lowest BCUT2D eigenvalue weighted by molar-refractivity contribution is -0.116. The van der Waals surface area contributed by atoms with E-state index < -0.39 is 23.0 Å². The Labute approximate surface area is 166 Å². The van der Waals surface area contributed by atoms with Gasteiger partial charge in [-0.05, 0) is 43.5 Å². The molecule has 0 radical (unpaired) electrons. The van der Waals surface area contributed by atoms with Crippen molar-refractivity contribution in [3.8, 4) is 5.75 Å². The molecule has 1 saturated heterocycles. The summed E-state index contributed by atoms with van der Waals surface area (Å²) in [7, 11) is 0. The van der Waals surface area contributed by atoms with Gasteiger partial charge in [-0.25, -0.2) is 13.2 Å². The summed E-state index contributed by atoms with van der Waals surface area (Å²) in [6, 6.07) is 6.21. The quantitative estimate of drug-likeness (QED) is 0.819. The summed E-state index contributed by atoms with van der Waals surface area (Å²) < 4.78 is 47.4. The van der Waals surface area contributed by atoms with Gasteiger partial charge in [-0.1, -0.05) is 0 Å². The average molecular weight is 405 g/mol. The molecule has 2 aromatic rings. The summed E-state index contributed by atoms with van der Waals surface area (Å²) in [4.78, 5) is 13.3. The van der Waals surface area contributed by atoms with Crippen molar-refractivity contribution in [2.75, 3.05) is 29.9 Å². The summed E-state index contributed by atoms with van der Waals surface area (Å²) in [5.41, 5.74) is 6.87. The molecular weight excluding hydrogens is 383 g/mol. The van der Waals surface area contributed by atoms with Crippen LogP contribution in [0.2, 0.25) is 0 Å². The standard InChI is InChI=1S/C21H22F3N3O2/c22-13-1-3-15(23)17(11-13)27-9-7-21(25,8-10-27)12-29-18-5-4-16(24)20-14(18)2-6-19(28)26-20/h1,3-5,11H,2,6-10,12,25H2,(H,26,28). The Balaban J connectivity index is 1.42. The van der Waals surface area contributed by atoms with Crippen molar-refractivity contribution in [2.45, 2.75) is 31.2 Å². The molecule has 0 aromatic heterocycles. The molecule has 2 aliphatic rings. The van der Waals surface area contributed by atoms with Gasteiger partial charge in [0.05, 0.1) is 16.9 Å². The third-order valence-corrected chi connectivity index (χ3v) is 5.61. The maximum atomic E-state index is 14.0. The van der Waals surface area contributed by atoms with E-state index in [4.69, 9.17) is 10.5 Å². The Bertz CT molecular complexity index is 943. The first kappa shape index (κ1) is 19.6. The lowest BCUT2D eigenvalue weighted by atomic mass is 9.89. The smallest absolute Gasteiger partial charge is 0.224 e. The number of hydrogen-bond acceptors (Lipinski definition) is 4. The summed E-state index contributed by atoms with van der Waals surface area (Å²) in [6.07, 6.45) is 1.74. The molecule has 4 rings (SSSR count). The van der Waals surface area contributed by atoms with Gasteiger partial charge in [-0.2, -0.15) is 0 Å². The molecule has 0 atom stereocenters. The number of benzene rings is 2. The van der Waals surface area contributed by atoms with Crippen LogP contribution in [0.1, 0.15) is 24.8 Å². The number of hydrogen-bond donors (Lipinski definition) is 2. The largest absolute Gasteiger partial charge is 0.491 e. The van der Waals surface area contributed by atoms with Crippen molar-refractivity contribution in [3.63, 3.8) is 0 Å². The van der Waals surface area contributed by atoms with Crippen LogP contribution in [0, 0.1) is 17.5 Å². The molecule has 0 unspecified atom stereocenters. The van der Waals surface area contributed by atoms with E-state index in [9.17, 15) is 18.0 Å². The molecule has 3 N–H and O–H groups in total. The van der Waals surface area contributed by atoms with E-state index in [0.29, 0.717) is 43.7 Å². The van der Waals surface area contributed by atoms with Crippen LogP contribution >= 0.6 is 0 Å². The fourth-order valence-corrected chi connectivity index (χ4v) is 3.85. The van der Waals surface area contributed by atoms with Gasteiger partial charge in [0.25, 0.3) is 0 Å². The van der Waals surface area contributed by atoms with Gasteiger partial charge in [0, 0.05) is 31.1 Å². The van der Waals surface area contributed by atoms with Gasteiger partial charge in [0.15, 0.2) is 0 Å². The first-order chi connectivity index (χ1) is 13.8. The molecule has 5 nitrogen and oxygen atoms in total. The summed E-state index contributed by atoms with van der Waals surface area (Å²) in [5, 5.41) is 2.55. The molecular formula is C21H22F3N3O2. The van der Waals surface area contributed by atoms with Crippen molar-refractivity contribution in [1.82, 2.24) is 0 Å². The number of nitrogens with zero attached hydrogens (tertiary/aromatic N) is 1. The zero-order valence-electron chi connectivity index (χ0n) is 15.8. The highest BCUT2D eigenvalue weighted by Crippen LogP contribution is 2.35. The number of anilines is 2. The molecule has 154 valence electrons. The van der Waals surface area contributed by atoms with E-state index in [0.717, 1.165) is 12.1 Å². The molecule has 2 aromatic carbocycles. The Hall–Kier alpha value is -2.74. The summed E-state index contributed by atoms with van der Waals surface area (Å²) in [5.74, 6) is -1.16. The van der Waals surface area contributed by atoms with Crippen LogP contribution in [0.4, 0.5) is 24.5 Å². The molecule has 0 aliphatic carbocycles. The molecule has 8 heteroatoms. The minimum Gasteiger partial charge on any atom is -0.491 e. The molecule has 0 spiro atoms. The predicted molar refractivity (Wildman–Crippen MR) is 104 cm³/mol. The molecule has 2 heterocycles. The maximum absolute atomic E-state index is 14.0. The average Bonchev–Trinajstić information content (AvgIpc) is 2.70. The Morgan fingerprint density at radius 1 is 1.07 bits per heavy atom. The highest BCUT2D eigenvalue weighted by molar-refractivity contribution is 5.94. The van der Waals surface area contributed by atoms with Crippen molar-refractivity contribution in [1.29, 1.82) is 0 Å². The number of amides is 1. The zero-order valence-corrected chi connectivity index (χ0v) is 15.8. The molecule has 1 amide bonds. The Kier molecular flexibility index (Phi) is 5.12. The van der Waals surface area contributed by atoms with Crippen LogP contribution in [0.3, 0.4) is 0 Å². The lowest BCUT2D eigenvalue weighted by Gasteiger charge is -2.40. The monoisotopic (exact) mass is 405 g/mol. The zero-order chi connectivity index (χ0) is 20.6. The molecule has 0 bridgehead atoms. The highest BCUT2D eigenvalue weighted by atomic mass is 19.1. The number of fused-ring (bicyclic) bond motifs is 1. The number of nitrogens with two attached hydrogens (primary N) is 1. The van der Waals surface area contributed by atoms with Gasteiger partial charge in [-0.3, -0.25) is 4.79 Å². The summed E-state index contributed by atoms with van der Waals surface area (Å²) in [6.45, 7) is 1.15. The second-order valence-electron chi connectivity index (χ2n) is 7.68. The minimum atomic E-state index is -0.639. The van der Waals surface area contributed by atoms with Crippen molar-refractivity contribution >= 4 is 17.3 Å². The van der Waals surface area contributed by atoms with Gasteiger partial charge in [0.1, 0.15) is 29.8 Å². The van der Waals surface area contributed by atoms with Crippen LogP contribution in [0.5, 0.6) is 5.75 Å².